The zero-order valence-electron chi connectivity index (χ0n) is 17.2. The third-order valence-electron chi connectivity index (χ3n) is 4.28. The van der Waals surface area contributed by atoms with E-state index < -0.39 is 0 Å². The molecule has 0 aliphatic heterocycles. The summed E-state index contributed by atoms with van der Waals surface area (Å²) in [7, 11) is 0. The SMILES string of the molecule is CCOCC/C=C/COc1ccc2c(c1)/C(=N\OC(C)(C)C)c1ccccc1-2. The summed E-state index contributed by atoms with van der Waals surface area (Å²) in [5.41, 5.74) is 4.99. The molecule has 148 valence electrons. The summed E-state index contributed by atoms with van der Waals surface area (Å²) in [6.45, 7) is 10.0. The minimum absolute atomic E-state index is 0.342. The molecule has 2 aromatic carbocycles. The molecule has 1 aliphatic rings. The molecular weight excluding hydrogens is 350 g/mol. The molecule has 4 nitrogen and oxygen atoms in total. The van der Waals surface area contributed by atoms with Crippen LogP contribution in [0.2, 0.25) is 0 Å². The average Bonchev–Trinajstić information content (AvgIpc) is 2.98. The molecule has 0 bridgehead atoms. The van der Waals surface area contributed by atoms with Crippen molar-refractivity contribution in [1.82, 2.24) is 0 Å². The van der Waals surface area contributed by atoms with Crippen LogP contribution in [0.15, 0.2) is 59.8 Å². The van der Waals surface area contributed by atoms with Crippen LogP contribution in [-0.4, -0.2) is 31.1 Å². The lowest BCUT2D eigenvalue weighted by molar-refractivity contribution is 0.00121. The number of hydrogen-bond donors (Lipinski definition) is 0. The molecule has 0 N–H and O–H groups in total. The zero-order valence-corrected chi connectivity index (χ0v) is 17.2. The van der Waals surface area contributed by atoms with Gasteiger partial charge in [-0.2, -0.15) is 0 Å². The zero-order chi connectivity index (χ0) is 20.0. The summed E-state index contributed by atoms with van der Waals surface area (Å²) in [4.78, 5) is 5.74. The second-order valence-electron chi connectivity index (χ2n) is 7.66. The van der Waals surface area contributed by atoms with Crippen LogP contribution >= 0.6 is 0 Å². The van der Waals surface area contributed by atoms with Crippen LogP contribution in [0.4, 0.5) is 0 Å². The molecule has 0 heterocycles. The van der Waals surface area contributed by atoms with E-state index in [0.29, 0.717) is 6.61 Å². The predicted octanol–water partition coefficient (Wildman–Crippen LogP) is 5.60. The predicted molar refractivity (Wildman–Crippen MR) is 114 cm³/mol. The number of ether oxygens (including phenoxy) is 2. The van der Waals surface area contributed by atoms with Crippen molar-refractivity contribution in [3.8, 4) is 16.9 Å². The van der Waals surface area contributed by atoms with Crippen molar-refractivity contribution >= 4 is 5.71 Å². The highest BCUT2D eigenvalue weighted by Crippen LogP contribution is 2.39. The second kappa shape index (κ2) is 9.07. The Morgan fingerprint density at radius 3 is 2.43 bits per heavy atom. The standard InChI is InChI=1S/C24H29NO3/c1-5-26-15-9-6-10-16-27-18-13-14-20-19-11-7-8-12-21(19)23(22(20)17-18)25-28-24(2,3)4/h6-8,10-14,17H,5,9,15-16H2,1-4H3/b10-6+,25-23-. The Hall–Kier alpha value is -2.59. The Morgan fingerprint density at radius 1 is 0.929 bits per heavy atom. The minimum Gasteiger partial charge on any atom is -0.490 e. The molecule has 0 atom stereocenters. The van der Waals surface area contributed by atoms with Gasteiger partial charge in [-0.3, -0.25) is 0 Å². The Morgan fingerprint density at radius 2 is 1.68 bits per heavy atom. The van der Waals surface area contributed by atoms with E-state index in [-0.39, 0.29) is 5.60 Å². The number of benzene rings is 2. The fourth-order valence-corrected chi connectivity index (χ4v) is 3.02. The van der Waals surface area contributed by atoms with E-state index in [0.717, 1.165) is 47.8 Å². The van der Waals surface area contributed by atoms with Crippen LogP contribution in [0.25, 0.3) is 11.1 Å². The lowest BCUT2D eigenvalue weighted by Gasteiger charge is -2.16. The Kier molecular flexibility index (Phi) is 6.53. The van der Waals surface area contributed by atoms with Crippen LogP contribution in [0.1, 0.15) is 45.2 Å². The molecule has 0 amide bonds. The molecule has 0 spiro atoms. The summed E-state index contributed by atoms with van der Waals surface area (Å²) >= 11 is 0. The molecule has 28 heavy (non-hydrogen) atoms. The van der Waals surface area contributed by atoms with Gasteiger partial charge < -0.3 is 14.3 Å². The third-order valence-corrected chi connectivity index (χ3v) is 4.28. The van der Waals surface area contributed by atoms with E-state index >= 15 is 0 Å². The Balaban J connectivity index is 1.77. The van der Waals surface area contributed by atoms with Gasteiger partial charge in [0, 0.05) is 24.3 Å². The smallest absolute Gasteiger partial charge is 0.129 e. The van der Waals surface area contributed by atoms with Gasteiger partial charge in [0.2, 0.25) is 0 Å². The molecule has 0 radical (unpaired) electrons. The first-order valence-electron chi connectivity index (χ1n) is 9.85. The third kappa shape index (κ3) is 5.02. The van der Waals surface area contributed by atoms with Crippen LogP contribution in [0, 0.1) is 0 Å². The van der Waals surface area contributed by atoms with Crippen LogP contribution in [0.5, 0.6) is 5.75 Å². The van der Waals surface area contributed by atoms with E-state index in [9.17, 15) is 0 Å². The monoisotopic (exact) mass is 379 g/mol. The molecule has 0 fully saturated rings. The number of hydrogen-bond acceptors (Lipinski definition) is 4. The summed E-state index contributed by atoms with van der Waals surface area (Å²) in [5, 5.41) is 4.49. The van der Waals surface area contributed by atoms with Crippen molar-refractivity contribution in [2.45, 2.75) is 39.7 Å². The lowest BCUT2D eigenvalue weighted by Crippen LogP contribution is -2.17. The van der Waals surface area contributed by atoms with E-state index in [1.165, 1.54) is 5.56 Å². The van der Waals surface area contributed by atoms with Crippen LogP contribution < -0.4 is 4.74 Å². The van der Waals surface area contributed by atoms with Gasteiger partial charge in [0.15, 0.2) is 0 Å². The summed E-state index contributed by atoms with van der Waals surface area (Å²) in [6.07, 6.45) is 5.01. The summed E-state index contributed by atoms with van der Waals surface area (Å²) < 4.78 is 11.2. The van der Waals surface area contributed by atoms with Gasteiger partial charge in [0.05, 0.1) is 0 Å². The first-order chi connectivity index (χ1) is 13.5. The van der Waals surface area contributed by atoms with Crippen molar-refractivity contribution in [2.24, 2.45) is 5.16 Å². The first-order valence-corrected chi connectivity index (χ1v) is 9.85. The quantitative estimate of drug-likeness (QED) is 0.291. The van der Waals surface area contributed by atoms with E-state index in [1.807, 2.05) is 58.0 Å². The normalized spacial score (nSPS) is 14.4. The van der Waals surface area contributed by atoms with Gasteiger partial charge in [-0.05, 0) is 63.4 Å². The minimum atomic E-state index is -0.342. The summed E-state index contributed by atoms with van der Waals surface area (Å²) in [6, 6.07) is 14.4. The topological polar surface area (TPSA) is 40.0 Å². The molecule has 1 aliphatic carbocycles. The molecule has 0 aromatic heterocycles. The van der Waals surface area contributed by atoms with Crippen molar-refractivity contribution < 1.29 is 14.3 Å². The van der Waals surface area contributed by atoms with Crippen molar-refractivity contribution in [3.63, 3.8) is 0 Å². The summed E-state index contributed by atoms with van der Waals surface area (Å²) in [5.74, 6) is 0.824. The maximum atomic E-state index is 5.91. The highest BCUT2D eigenvalue weighted by atomic mass is 16.6. The first kappa shape index (κ1) is 20.2. The number of nitrogens with zero attached hydrogens (tertiary/aromatic N) is 1. The highest BCUT2D eigenvalue weighted by molar-refractivity contribution is 6.24. The van der Waals surface area contributed by atoms with Crippen LogP contribution in [0.3, 0.4) is 0 Å². The van der Waals surface area contributed by atoms with E-state index in [1.54, 1.807) is 0 Å². The molecule has 4 heteroatoms. The second-order valence-corrected chi connectivity index (χ2v) is 7.66. The van der Waals surface area contributed by atoms with Crippen molar-refractivity contribution in [1.29, 1.82) is 0 Å². The Labute approximate surface area is 167 Å². The fraction of sp³-hybridized carbons (Fsp3) is 0.375. The van der Waals surface area contributed by atoms with Crippen molar-refractivity contribution in [2.75, 3.05) is 19.8 Å². The molecule has 0 unspecified atom stereocenters. The van der Waals surface area contributed by atoms with Crippen LogP contribution in [-0.2, 0) is 9.57 Å². The van der Waals surface area contributed by atoms with Gasteiger partial charge >= 0.3 is 0 Å². The maximum absolute atomic E-state index is 5.91. The maximum Gasteiger partial charge on any atom is 0.129 e. The largest absolute Gasteiger partial charge is 0.490 e. The average molecular weight is 380 g/mol. The van der Waals surface area contributed by atoms with Gasteiger partial charge in [-0.25, -0.2) is 0 Å². The lowest BCUT2D eigenvalue weighted by atomic mass is 10.1. The molecule has 3 rings (SSSR count). The molecular formula is C24H29NO3. The van der Waals surface area contributed by atoms with Gasteiger partial charge in [0.1, 0.15) is 23.7 Å². The Bertz CT molecular complexity index is 862. The highest BCUT2D eigenvalue weighted by Gasteiger charge is 2.26. The van der Waals surface area contributed by atoms with Gasteiger partial charge in [0.25, 0.3) is 0 Å². The van der Waals surface area contributed by atoms with Gasteiger partial charge in [-0.1, -0.05) is 41.6 Å². The van der Waals surface area contributed by atoms with E-state index in [4.69, 9.17) is 14.3 Å². The fourth-order valence-electron chi connectivity index (χ4n) is 3.02. The number of oxime groups is 1. The number of rotatable bonds is 8. The molecule has 0 saturated heterocycles. The van der Waals surface area contributed by atoms with E-state index in [2.05, 4.69) is 29.4 Å². The molecule has 0 saturated carbocycles. The van der Waals surface area contributed by atoms with Crippen molar-refractivity contribution in [3.05, 3.63) is 65.7 Å². The number of fused-ring (bicyclic) bond motifs is 3. The molecule has 2 aromatic rings. The van der Waals surface area contributed by atoms with Gasteiger partial charge in [-0.15, -0.1) is 0 Å².